The predicted molar refractivity (Wildman–Crippen MR) is 75.3 cm³/mol. The van der Waals surface area contributed by atoms with E-state index in [0.717, 1.165) is 11.4 Å². The summed E-state index contributed by atoms with van der Waals surface area (Å²) in [6, 6.07) is 10.8. The monoisotopic (exact) mass is 297 g/mol. The maximum Gasteiger partial charge on any atom is 0.389 e. The van der Waals surface area contributed by atoms with Crippen LogP contribution in [0.5, 0.6) is 0 Å². The fraction of sp³-hybridized carbons (Fsp3) is 0.400. The van der Waals surface area contributed by atoms with E-state index in [9.17, 15) is 13.2 Å². The molecule has 3 nitrogen and oxygen atoms in total. The molecule has 21 heavy (non-hydrogen) atoms. The van der Waals surface area contributed by atoms with Crippen molar-refractivity contribution in [3.05, 3.63) is 48.3 Å². The molecule has 114 valence electrons. The van der Waals surface area contributed by atoms with Gasteiger partial charge in [-0.05, 0) is 31.2 Å². The zero-order valence-corrected chi connectivity index (χ0v) is 11.8. The Hall–Kier alpha value is -1.82. The molecular weight excluding hydrogens is 279 g/mol. The van der Waals surface area contributed by atoms with Crippen LogP contribution in [0.25, 0.3) is 5.69 Å². The Kier molecular flexibility index (Phi) is 5.01. The van der Waals surface area contributed by atoms with Gasteiger partial charge in [0.2, 0.25) is 0 Å². The van der Waals surface area contributed by atoms with E-state index < -0.39 is 12.6 Å². The SMILES string of the molecule is CCNC(CCC(F)(F)F)c1ccnn1-c1ccccc1. The van der Waals surface area contributed by atoms with E-state index in [0.29, 0.717) is 6.54 Å². The van der Waals surface area contributed by atoms with Gasteiger partial charge in [-0.1, -0.05) is 25.1 Å². The summed E-state index contributed by atoms with van der Waals surface area (Å²) in [5.74, 6) is 0. The van der Waals surface area contributed by atoms with E-state index in [-0.39, 0.29) is 12.5 Å². The number of alkyl halides is 3. The van der Waals surface area contributed by atoms with Crippen LogP contribution >= 0.6 is 0 Å². The lowest BCUT2D eigenvalue weighted by molar-refractivity contribution is -0.136. The molecule has 0 spiro atoms. The normalized spacial score (nSPS) is 13.3. The molecule has 0 aliphatic carbocycles. The summed E-state index contributed by atoms with van der Waals surface area (Å²) in [4.78, 5) is 0. The number of nitrogens with zero attached hydrogens (tertiary/aromatic N) is 2. The summed E-state index contributed by atoms with van der Waals surface area (Å²) in [7, 11) is 0. The number of para-hydroxylation sites is 1. The molecule has 0 bridgehead atoms. The third-order valence-electron chi connectivity index (χ3n) is 3.20. The Labute approximate surface area is 121 Å². The van der Waals surface area contributed by atoms with E-state index >= 15 is 0 Å². The number of benzene rings is 1. The van der Waals surface area contributed by atoms with Crippen molar-refractivity contribution in [2.75, 3.05) is 6.54 Å². The smallest absolute Gasteiger partial charge is 0.309 e. The van der Waals surface area contributed by atoms with E-state index in [4.69, 9.17) is 0 Å². The zero-order chi connectivity index (χ0) is 15.3. The Morgan fingerprint density at radius 2 is 1.90 bits per heavy atom. The van der Waals surface area contributed by atoms with Crippen molar-refractivity contribution >= 4 is 0 Å². The second kappa shape index (κ2) is 6.76. The quantitative estimate of drug-likeness (QED) is 0.877. The second-order valence-corrected chi connectivity index (χ2v) is 4.77. The molecule has 1 heterocycles. The Morgan fingerprint density at radius 3 is 2.52 bits per heavy atom. The minimum atomic E-state index is -4.15. The van der Waals surface area contributed by atoms with Crippen LogP contribution in [0, 0.1) is 0 Å². The lowest BCUT2D eigenvalue weighted by atomic mass is 10.1. The second-order valence-electron chi connectivity index (χ2n) is 4.77. The van der Waals surface area contributed by atoms with Crippen molar-refractivity contribution in [1.29, 1.82) is 0 Å². The first-order chi connectivity index (χ1) is 10.0. The first-order valence-electron chi connectivity index (χ1n) is 6.90. The van der Waals surface area contributed by atoms with Crippen molar-refractivity contribution in [3.63, 3.8) is 0 Å². The van der Waals surface area contributed by atoms with Crippen molar-refractivity contribution < 1.29 is 13.2 Å². The topological polar surface area (TPSA) is 29.9 Å². The Balaban J connectivity index is 2.23. The summed E-state index contributed by atoms with van der Waals surface area (Å²) >= 11 is 0. The van der Waals surface area contributed by atoms with Gasteiger partial charge in [0.05, 0.1) is 11.4 Å². The third-order valence-corrected chi connectivity index (χ3v) is 3.20. The molecule has 0 aliphatic rings. The number of rotatable bonds is 6. The van der Waals surface area contributed by atoms with Crippen LogP contribution in [0.3, 0.4) is 0 Å². The van der Waals surface area contributed by atoms with Crippen molar-refractivity contribution in [1.82, 2.24) is 15.1 Å². The number of hydrogen-bond acceptors (Lipinski definition) is 2. The molecular formula is C15H18F3N3. The van der Waals surface area contributed by atoms with Crippen LogP contribution in [0.4, 0.5) is 13.2 Å². The molecule has 2 rings (SSSR count). The summed E-state index contributed by atoms with van der Waals surface area (Å²) in [5.41, 5.74) is 1.58. The van der Waals surface area contributed by atoms with Gasteiger partial charge in [-0.25, -0.2) is 4.68 Å². The highest BCUT2D eigenvalue weighted by molar-refractivity contribution is 5.33. The molecule has 0 aliphatic heterocycles. The number of aromatic nitrogens is 2. The number of nitrogens with one attached hydrogen (secondary N) is 1. The minimum absolute atomic E-state index is 0.00410. The van der Waals surface area contributed by atoms with Crippen molar-refractivity contribution in [3.8, 4) is 5.69 Å². The van der Waals surface area contributed by atoms with Crippen LogP contribution in [0.15, 0.2) is 42.6 Å². The van der Waals surface area contributed by atoms with Crippen molar-refractivity contribution in [2.24, 2.45) is 0 Å². The summed E-state index contributed by atoms with van der Waals surface area (Å²) in [6.45, 7) is 2.48. The average molecular weight is 297 g/mol. The van der Waals surface area contributed by atoms with E-state index in [2.05, 4.69) is 10.4 Å². The molecule has 0 saturated carbocycles. The molecule has 0 saturated heterocycles. The molecule has 1 atom stereocenters. The van der Waals surface area contributed by atoms with Gasteiger partial charge in [0.1, 0.15) is 0 Å². The minimum Gasteiger partial charge on any atom is -0.309 e. The highest BCUT2D eigenvalue weighted by atomic mass is 19.4. The predicted octanol–water partition coefficient (Wildman–Crippen LogP) is 3.87. The van der Waals surface area contributed by atoms with Crippen LogP contribution in [-0.2, 0) is 0 Å². The first-order valence-corrected chi connectivity index (χ1v) is 6.90. The van der Waals surface area contributed by atoms with E-state index in [1.54, 1.807) is 16.9 Å². The average Bonchev–Trinajstić information content (AvgIpc) is 2.92. The highest BCUT2D eigenvalue weighted by Gasteiger charge is 2.29. The summed E-state index contributed by atoms with van der Waals surface area (Å²) in [6.07, 6.45) is -3.36. The van der Waals surface area contributed by atoms with Gasteiger partial charge in [0.15, 0.2) is 0 Å². The van der Waals surface area contributed by atoms with Crippen molar-refractivity contribution in [2.45, 2.75) is 32.0 Å². The molecule has 2 aromatic rings. The standard InChI is InChI=1S/C15H18F3N3/c1-2-19-13(8-10-15(16,17)18)14-9-11-20-21(14)12-6-4-3-5-7-12/h3-7,9,11,13,19H,2,8,10H2,1H3. The van der Waals surface area contributed by atoms with Crippen LogP contribution in [-0.4, -0.2) is 22.5 Å². The maximum atomic E-state index is 12.5. The molecule has 0 radical (unpaired) electrons. The Morgan fingerprint density at radius 1 is 1.19 bits per heavy atom. The summed E-state index contributed by atoms with van der Waals surface area (Å²) in [5, 5.41) is 7.34. The van der Waals surface area contributed by atoms with Gasteiger partial charge in [0.25, 0.3) is 0 Å². The lowest BCUT2D eigenvalue weighted by Crippen LogP contribution is -2.25. The zero-order valence-electron chi connectivity index (χ0n) is 11.8. The first kappa shape index (κ1) is 15.6. The molecule has 6 heteroatoms. The molecule has 0 fully saturated rings. The number of halogens is 3. The van der Waals surface area contributed by atoms with E-state index in [1.165, 1.54) is 0 Å². The molecule has 0 amide bonds. The lowest BCUT2D eigenvalue weighted by Gasteiger charge is -2.20. The fourth-order valence-electron chi connectivity index (χ4n) is 2.27. The largest absolute Gasteiger partial charge is 0.389 e. The van der Waals surface area contributed by atoms with Gasteiger partial charge in [-0.2, -0.15) is 18.3 Å². The number of hydrogen-bond donors (Lipinski definition) is 1. The molecule has 1 unspecified atom stereocenters. The van der Waals surface area contributed by atoms with Crippen LogP contribution in [0.2, 0.25) is 0 Å². The maximum absolute atomic E-state index is 12.5. The van der Waals surface area contributed by atoms with Gasteiger partial charge < -0.3 is 5.32 Å². The third kappa shape index (κ3) is 4.32. The molecule has 1 N–H and O–H groups in total. The van der Waals surface area contributed by atoms with E-state index in [1.807, 2.05) is 37.3 Å². The highest BCUT2D eigenvalue weighted by Crippen LogP contribution is 2.28. The summed E-state index contributed by atoms with van der Waals surface area (Å²) < 4.78 is 39.1. The van der Waals surface area contributed by atoms with Gasteiger partial charge >= 0.3 is 6.18 Å². The van der Waals surface area contributed by atoms with Crippen LogP contribution < -0.4 is 5.32 Å². The Bertz CT molecular complexity index is 549. The fourth-order valence-corrected chi connectivity index (χ4v) is 2.27. The van der Waals surface area contributed by atoms with Gasteiger partial charge in [0, 0.05) is 18.7 Å². The van der Waals surface area contributed by atoms with Crippen LogP contribution in [0.1, 0.15) is 31.5 Å². The molecule has 1 aromatic heterocycles. The van der Waals surface area contributed by atoms with Gasteiger partial charge in [-0.3, -0.25) is 0 Å². The molecule has 1 aromatic carbocycles. The van der Waals surface area contributed by atoms with Gasteiger partial charge in [-0.15, -0.1) is 0 Å².